The van der Waals surface area contributed by atoms with Gasteiger partial charge in [0.25, 0.3) is 0 Å². The average molecular weight is 183 g/mol. The fourth-order valence-electron chi connectivity index (χ4n) is 1.13. The van der Waals surface area contributed by atoms with E-state index in [0.29, 0.717) is 13.7 Å². The summed E-state index contributed by atoms with van der Waals surface area (Å²) in [6.45, 7) is 0.938. The third kappa shape index (κ3) is 4.06. The van der Waals surface area contributed by atoms with Gasteiger partial charge in [-0.3, -0.25) is 0 Å². The number of rotatable bonds is 2. The number of nitrogens with two attached hydrogens (primary N) is 1. The van der Waals surface area contributed by atoms with Crippen LogP contribution in [0.2, 0.25) is 0 Å². The Morgan fingerprint density at radius 1 is 1.54 bits per heavy atom. The standard InChI is InChI=1S/C6H13NO.C2HBO2/c7-4-6(5-8)2-1-3-6;4-2-1-3-5/h8H,1-5,7H2;4H. The second-order valence-corrected chi connectivity index (χ2v) is 3.09. The molecule has 0 aromatic carbocycles. The minimum atomic E-state index is 0.139. The van der Waals surface area contributed by atoms with Crippen LogP contribution < -0.4 is 5.73 Å². The summed E-state index contributed by atoms with van der Waals surface area (Å²) in [5.74, 6) is 1.74. The monoisotopic (exact) mass is 183 g/mol. The van der Waals surface area contributed by atoms with Gasteiger partial charge >= 0.3 is 28.9 Å². The van der Waals surface area contributed by atoms with E-state index >= 15 is 0 Å². The first-order valence-corrected chi connectivity index (χ1v) is 4.14. The quantitative estimate of drug-likeness (QED) is 0.395. The molecule has 4 nitrogen and oxygen atoms in total. The van der Waals surface area contributed by atoms with Crippen molar-refractivity contribution in [3.63, 3.8) is 0 Å². The topological polar surface area (TPSA) is 83.5 Å². The molecule has 0 unspecified atom stereocenters. The zero-order valence-electron chi connectivity index (χ0n) is 7.49. The first-order chi connectivity index (χ1) is 6.24. The van der Waals surface area contributed by atoms with Crippen LogP contribution in [0.25, 0.3) is 0 Å². The number of hydrogen-bond donors (Lipinski definition) is 3. The molecule has 0 atom stereocenters. The summed E-state index contributed by atoms with van der Waals surface area (Å²) in [5, 5.41) is 16.2. The molecule has 0 spiro atoms. The van der Waals surface area contributed by atoms with E-state index in [0.717, 1.165) is 12.8 Å². The van der Waals surface area contributed by atoms with Crippen molar-refractivity contribution in [3.8, 4) is 11.9 Å². The molecule has 0 amide bonds. The van der Waals surface area contributed by atoms with Crippen LogP contribution in [-0.2, 0) is 4.70 Å². The van der Waals surface area contributed by atoms with Gasteiger partial charge < -0.3 is 10.8 Å². The van der Waals surface area contributed by atoms with Gasteiger partial charge in [-0.25, -0.2) is 0 Å². The van der Waals surface area contributed by atoms with Crippen molar-refractivity contribution in [2.75, 3.05) is 13.2 Å². The zero-order valence-corrected chi connectivity index (χ0v) is 7.49. The Morgan fingerprint density at radius 2 is 2.15 bits per heavy atom. The molecule has 0 heterocycles. The number of aliphatic hydroxyl groups is 2. The minimum absolute atomic E-state index is 0.139. The van der Waals surface area contributed by atoms with Gasteiger partial charge in [-0.1, -0.05) is 6.42 Å². The molecule has 0 aromatic heterocycles. The predicted octanol–water partition coefficient (Wildman–Crippen LogP) is -0.565. The van der Waals surface area contributed by atoms with Crippen molar-refractivity contribution in [1.29, 1.82) is 0 Å². The fourth-order valence-corrected chi connectivity index (χ4v) is 1.13. The van der Waals surface area contributed by atoms with Crippen molar-refractivity contribution in [2.24, 2.45) is 11.1 Å². The van der Waals surface area contributed by atoms with Crippen LogP contribution in [-0.4, -0.2) is 30.5 Å². The van der Waals surface area contributed by atoms with E-state index in [1.165, 1.54) is 12.5 Å². The summed E-state index contributed by atoms with van der Waals surface area (Å²) in [5.41, 5.74) is 5.56. The molecular formula is C8H14BNO3. The molecule has 1 rings (SSSR count). The van der Waals surface area contributed by atoms with Crippen molar-refractivity contribution < 1.29 is 14.9 Å². The van der Waals surface area contributed by atoms with Gasteiger partial charge in [-0.15, -0.1) is 0 Å². The summed E-state index contributed by atoms with van der Waals surface area (Å²) >= 11 is 0. The normalized spacial score (nSPS) is 16.5. The Labute approximate surface area is 78.4 Å². The van der Waals surface area contributed by atoms with E-state index in [-0.39, 0.29) is 12.0 Å². The van der Waals surface area contributed by atoms with E-state index in [1.54, 1.807) is 5.82 Å². The number of aliphatic hydroxyl groups excluding tert-OH is 2. The molecule has 13 heavy (non-hydrogen) atoms. The predicted molar refractivity (Wildman–Crippen MR) is 48.6 cm³/mol. The first-order valence-electron chi connectivity index (χ1n) is 4.14. The second kappa shape index (κ2) is 6.64. The van der Waals surface area contributed by atoms with Crippen LogP contribution in [0.4, 0.5) is 0 Å². The zero-order chi connectivity index (χ0) is 10.2. The average Bonchev–Trinajstić information content (AvgIpc) is 2.07. The van der Waals surface area contributed by atoms with Gasteiger partial charge in [-0.05, 0) is 12.8 Å². The molecular weight excluding hydrogens is 169 g/mol. The third-order valence-corrected chi connectivity index (χ3v) is 2.31. The maximum absolute atomic E-state index is 9.07. The van der Waals surface area contributed by atoms with Crippen molar-refractivity contribution in [2.45, 2.75) is 19.3 Å². The molecule has 0 aromatic rings. The molecule has 0 saturated heterocycles. The van der Waals surface area contributed by atoms with Crippen LogP contribution in [0, 0.1) is 17.3 Å². The van der Waals surface area contributed by atoms with Gasteiger partial charge in [0.2, 0.25) is 0 Å². The molecule has 4 N–H and O–H groups in total. The molecule has 1 aliphatic carbocycles. The molecule has 72 valence electrons. The molecule has 5 heteroatoms. The summed E-state index contributed by atoms with van der Waals surface area (Å²) in [6, 6.07) is 0. The second-order valence-electron chi connectivity index (χ2n) is 3.09. The van der Waals surface area contributed by atoms with E-state index in [4.69, 9.17) is 20.7 Å². The third-order valence-electron chi connectivity index (χ3n) is 2.31. The van der Waals surface area contributed by atoms with Crippen molar-refractivity contribution in [3.05, 3.63) is 0 Å². The molecule has 1 fully saturated rings. The van der Waals surface area contributed by atoms with Gasteiger partial charge in [0.1, 0.15) is 0 Å². The van der Waals surface area contributed by atoms with Gasteiger partial charge in [0, 0.05) is 18.6 Å². The molecule has 1 saturated carbocycles. The Bertz CT molecular complexity index is 192. The Kier molecular flexibility index (Phi) is 6.20. The van der Waals surface area contributed by atoms with E-state index < -0.39 is 0 Å². The van der Waals surface area contributed by atoms with Crippen molar-refractivity contribution in [1.82, 2.24) is 0 Å². The molecule has 0 radical (unpaired) electrons. The van der Waals surface area contributed by atoms with Crippen LogP contribution in [0.15, 0.2) is 0 Å². The van der Waals surface area contributed by atoms with Crippen molar-refractivity contribution >= 4 is 7.15 Å². The molecule has 1 aliphatic rings. The summed E-state index contributed by atoms with van der Waals surface area (Å²) in [4.78, 5) is 0. The van der Waals surface area contributed by atoms with E-state index in [9.17, 15) is 0 Å². The maximum atomic E-state index is 9.07. The van der Waals surface area contributed by atoms with Gasteiger partial charge in [0.15, 0.2) is 0 Å². The van der Waals surface area contributed by atoms with Crippen LogP contribution in [0.3, 0.4) is 0 Å². The van der Waals surface area contributed by atoms with Crippen LogP contribution in [0.5, 0.6) is 0 Å². The summed E-state index contributed by atoms with van der Waals surface area (Å²) < 4.78 is 9.07. The number of hydrogen-bond acceptors (Lipinski definition) is 4. The van der Waals surface area contributed by atoms with E-state index in [2.05, 4.69) is 0 Å². The SMILES string of the molecule is NCC1(CO)CCC1.O=BC#CO. The van der Waals surface area contributed by atoms with Crippen LogP contribution in [0.1, 0.15) is 19.3 Å². The molecule has 0 aliphatic heterocycles. The Balaban J connectivity index is 0.000000252. The van der Waals surface area contributed by atoms with Gasteiger partial charge in [-0.2, -0.15) is 0 Å². The first kappa shape index (κ1) is 12.1. The Morgan fingerprint density at radius 3 is 2.15 bits per heavy atom. The Hall–Kier alpha value is -0.855. The summed E-state index contributed by atoms with van der Waals surface area (Å²) in [6.07, 6.45) is 4.90. The van der Waals surface area contributed by atoms with Crippen LogP contribution >= 0.6 is 0 Å². The summed E-state index contributed by atoms with van der Waals surface area (Å²) in [7, 11) is 0.319. The van der Waals surface area contributed by atoms with Gasteiger partial charge in [0.05, 0.1) is 0 Å². The van der Waals surface area contributed by atoms with E-state index in [1.807, 2.05) is 0 Å². The molecule has 0 bridgehead atoms. The fraction of sp³-hybridized carbons (Fsp3) is 0.750.